The fourth-order valence-electron chi connectivity index (χ4n) is 2.88. The molecule has 0 bridgehead atoms. The molecule has 0 amide bonds. The van der Waals surface area contributed by atoms with Crippen molar-refractivity contribution in [3.8, 4) is 0 Å². The second-order valence-corrected chi connectivity index (χ2v) is 6.84. The zero-order valence-electron chi connectivity index (χ0n) is 11.1. The molecule has 0 radical (unpaired) electrons. The predicted molar refractivity (Wildman–Crippen MR) is 81.1 cm³/mol. The van der Waals surface area contributed by atoms with Gasteiger partial charge in [0.1, 0.15) is 0 Å². The Morgan fingerprint density at radius 2 is 2.11 bits per heavy atom. The SMILES string of the molecule is CC(C)Cn1cc(C2CCC2)c2ccc(Br)cc21. The van der Waals surface area contributed by atoms with Gasteiger partial charge in [0.25, 0.3) is 0 Å². The van der Waals surface area contributed by atoms with E-state index in [9.17, 15) is 0 Å². The molecular formula is C16H20BrN. The van der Waals surface area contributed by atoms with Crippen LogP contribution in [0.4, 0.5) is 0 Å². The van der Waals surface area contributed by atoms with Gasteiger partial charge in [-0.1, -0.05) is 42.3 Å². The van der Waals surface area contributed by atoms with Gasteiger partial charge in [-0.15, -0.1) is 0 Å². The Bertz CT molecular complexity index is 564. The number of rotatable bonds is 3. The third kappa shape index (κ3) is 2.11. The van der Waals surface area contributed by atoms with E-state index >= 15 is 0 Å². The van der Waals surface area contributed by atoms with Gasteiger partial charge < -0.3 is 4.57 Å². The van der Waals surface area contributed by atoms with E-state index in [1.807, 2.05) is 0 Å². The van der Waals surface area contributed by atoms with Crippen LogP contribution in [0.5, 0.6) is 0 Å². The highest BCUT2D eigenvalue weighted by Crippen LogP contribution is 2.41. The van der Waals surface area contributed by atoms with Gasteiger partial charge in [-0.05, 0) is 42.4 Å². The summed E-state index contributed by atoms with van der Waals surface area (Å²) >= 11 is 3.60. The molecule has 0 spiro atoms. The summed E-state index contributed by atoms with van der Waals surface area (Å²) in [5, 5.41) is 1.46. The second-order valence-electron chi connectivity index (χ2n) is 5.92. The largest absolute Gasteiger partial charge is 0.347 e. The van der Waals surface area contributed by atoms with Gasteiger partial charge in [0.15, 0.2) is 0 Å². The Labute approximate surface area is 117 Å². The molecule has 2 heteroatoms. The molecule has 3 rings (SSSR count). The van der Waals surface area contributed by atoms with Crippen molar-refractivity contribution in [3.05, 3.63) is 34.4 Å². The summed E-state index contributed by atoms with van der Waals surface area (Å²) < 4.78 is 3.62. The van der Waals surface area contributed by atoms with Crippen molar-refractivity contribution in [3.63, 3.8) is 0 Å². The molecule has 1 aromatic heterocycles. The minimum Gasteiger partial charge on any atom is -0.347 e. The van der Waals surface area contributed by atoms with Crippen molar-refractivity contribution in [2.45, 2.75) is 45.6 Å². The lowest BCUT2D eigenvalue weighted by Gasteiger charge is -2.25. The lowest BCUT2D eigenvalue weighted by molar-refractivity contribution is 0.420. The van der Waals surface area contributed by atoms with Gasteiger partial charge in [-0.3, -0.25) is 0 Å². The summed E-state index contributed by atoms with van der Waals surface area (Å²) in [6.45, 7) is 5.68. The standard InChI is InChI=1S/C16H20BrN/c1-11(2)9-18-10-15(12-4-3-5-12)14-7-6-13(17)8-16(14)18/h6-8,10-12H,3-5,9H2,1-2H3. The van der Waals surface area contributed by atoms with E-state index in [4.69, 9.17) is 0 Å². The molecule has 0 saturated heterocycles. The van der Waals surface area contributed by atoms with Crippen molar-refractivity contribution >= 4 is 26.8 Å². The Balaban J connectivity index is 2.12. The van der Waals surface area contributed by atoms with E-state index in [0.29, 0.717) is 5.92 Å². The van der Waals surface area contributed by atoms with Crippen molar-refractivity contribution in [1.29, 1.82) is 0 Å². The van der Waals surface area contributed by atoms with Crippen LogP contribution in [-0.2, 0) is 6.54 Å². The van der Waals surface area contributed by atoms with Crippen molar-refractivity contribution in [2.24, 2.45) is 5.92 Å². The number of halogens is 1. The van der Waals surface area contributed by atoms with Crippen LogP contribution in [0.15, 0.2) is 28.9 Å². The maximum atomic E-state index is 3.60. The van der Waals surface area contributed by atoms with Crippen LogP contribution in [0, 0.1) is 5.92 Å². The molecule has 18 heavy (non-hydrogen) atoms. The molecule has 0 aliphatic heterocycles. The Hall–Kier alpha value is -0.760. The van der Waals surface area contributed by atoms with E-state index in [2.05, 4.69) is 58.7 Å². The van der Waals surface area contributed by atoms with Crippen LogP contribution in [0.1, 0.15) is 44.6 Å². The molecule has 0 atom stereocenters. The fraction of sp³-hybridized carbons (Fsp3) is 0.500. The van der Waals surface area contributed by atoms with Gasteiger partial charge in [0, 0.05) is 28.1 Å². The molecule has 0 unspecified atom stereocenters. The van der Waals surface area contributed by atoms with Crippen molar-refractivity contribution < 1.29 is 0 Å². The maximum absolute atomic E-state index is 3.60. The van der Waals surface area contributed by atoms with Crippen LogP contribution in [0.2, 0.25) is 0 Å². The highest BCUT2D eigenvalue weighted by atomic mass is 79.9. The van der Waals surface area contributed by atoms with E-state index in [-0.39, 0.29) is 0 Å². The topological polar surface area (TPSA) is 4.93 Å². The van der Waals surface area contributed by atoms with E-state index in [1.165, 1.54) is 34.6 Å². The quantitative estimate of drug-likeness (QED) is 0.722. The summed E-state index contributed by atoms with van der Waals surface area (Å²) in [5.74, 6) is 1.50. The molecule has 0 N–H and O–H groups in total. The molecular weight excluding hydrogens is 286 g/mol. The summed E-state index contributed by atoms with van der Waals surface area (Å²) in [6, 6.07) is 6.72. The number of benzene rings is 1. The summed E-state index contributed by atoms with van der Waals surface area (Å²) in [5.41, 5.74) is 2.96. The van der Waals surface area contributed by atoms with Crippen LogP contribution < -0.4 is 0 Å². The third-order valence-corrected chi connectivity index (χ3v) is 4.48. The zero-order valence-corrected chi connectivity index (χ0v) is 12.7. The molecule has 1 heterocycles. The molecule has 1 aromatic carbocycles. The maximum Gasteiger partial charge on any atom is 0.0494 e. The van der Waals surface area contributed by atoms with Gasteiger partial charge in [0.05, 0.1) is 0 Å². The van der Waals surface area contributed by atoms with E-state index in [1.54, 1.807) is 5.56 Å². The number of hydrogen-bond acceptors (Lipinski definition) is 0. The van der Waals surface area contributed by atoms with Crippen molar-refractivity contribution in [1.82, 2.24) is 4.57 Å². The van der Waals surface area contributed by atoms with Crippen LogP contribution in [0.3, 0.4) is 0 Å². The molecule has 1 aliphatic carbocycles. The third-order valence-electron chi connectivity index (χ3n) is 3.98. The minimum absolute atomic E-state index is 0.689. The zero-order chi connectivity index (χ0) is 12.7. The molecule has 96 valence electrons. The van der Waals surface area contributed by atoms with Crippen molar-refractivity contribution in [2.75, 3.05) is 0 Å². The average Bonchev–Trinajstić information content (AvgIpc) is 2.54. The lowest BCUT2D eigenvalue weighted by atomic mass is 9.80. The molecule has 1 fully saturated rings. The Kier molecular flexibility index (Phi) is 3.23. The molecule has 2 aromatic rings. The highest BCUT2D eigenvalue weighted by molar-refractivity contribution is 9.10. The first-order valence-electron chi connectivity index (χ1n) is 6.93. The number of nitrogens with zero attached hydrogens (tertiary/aromatic N) is 1. The minimum atomic E-state index is 0.689. The van der Waals surface area contributed by atoms with Gasteiger partial charge in [-0.25, -0.2) is 0 Å². The smallest absolute Gasteiger partial charge is 0.0494 e. The summed E-state index contributed by atoms with van der Waals surface area (Å²) in [7, 11) is 0. The van der Waals surface area contributed by atoms with Crippen LogP contribution in [-0.4, -0.2) is 4.57 Å². The van der Waals surface area contributed by atoms with E-state index in [0.717, 1.165) is 12.5 Å². The first kappa shape index (κ1) is 12.3. The van der Waals surface area contributed by atoms with Crippen LogP contribution >= 0.6 is 15.9 Å². The van der Waals surface area contributed by atoms with Crippen LogP contribution in [0.25, 0.3) is 10.9 Å². The second kappa shape index (κ2) is 4.73. The first-order chi connectivity index (χ1) is 8.65. The summed E-state index contributed by atoms with van der Waals surface area (Å²) in [4.78, 5) is 0. The average molecular weight is 306 g/mol. The normalized spacial score (nSPS) is 16.4. The first-order valence-corrected chi connectivity index (χ1v) is 7.72. The monoisotopic (exact) mass is 305 g/mol. The van der Waals surface area contributed by atoms with Gasteiger partial charge in [-0.2, -0.15) is 0 Å². The predicted octanol–water partition coefficient (Wildman–Crippen LogP) is 5.33. The van der Waals surface area contributed by atoms with Gasteiger partial charge in [0.2, 0.25) is 0 Å². The molecule has 1 nitrogen and oxygen atoms in total. The number of hydrogen-bond donors (Lipinski definition) is 0. The van der Waals surface area contributed by atoms with E-state index < -0.39 is 0 Å². The lowest BCUT2D eigenvalue weighted by Crippen LogP contribution is -2.08. The number of fused-ring (bicyclic) bond motifs is 1. The Morgan fingerprint density at radius 1 is 1.33 bits per heavy atom. The number of aromatic nitrogens is 1. The summed E-state index contributed by atoms with van der Waals surface area (Å²) in [6.07, 6.45) is 6.55. The Morgan fingerprint density at radius 3 is 2.72 bits per heavy atom. The fourth-order valence-corrected chi connectivity index (χ4v) is 3.23. The molecule has 1 saturated carbocycles. The highest BCUT2D eigenvalue weighted by Gasteiger charge is 2.23. The molecule has 1 aliphatic rings. The van der Waals surface area contributed by atoms with Gasteiger partial charge >= 0.3 is 0 Å².